The molecule has 1 aliphatic heterocycles. The Bertz CT molecular complexity index is 305. The molecule has 2 fully saturated rings. The average molecular weight is 193 g/mol. The summed E-state index contributed by atoms with van der Waals surface area (Å²) < 4.78 is 7.86. The summed E-state index contributed by atoms with van der Waals surface area (Å²) in [6.07, 6.45) is 9.42. The topological polar surface area (TPSA) is 39.9 Å². The Morgan fingerprint density at radius 2 is 2.36 bits per heavy atom. The molecule has 0 amide bonds. The molecule has 4 heteroatoms. The van der Waals surface area contributed by atoms with Gasteiger partial charge in [-0.1, -0.05) is 0 Å². The third-order valence-corrected chi connectivity index (χ3v) is 3.54. The summed E-state index contributed by atoms with van der Waals surface area (Å²) in [5.74, 6) is 0. The number of nitrogens with zero attached hydrogens (tertiary/aromatic N) is 3. The van der Waals surface area contributed by atoms with Crippen LogP contribution in [-0.2, 0) is 4.74 Å². The van der Waals surface area contributed by atoms with Crippen LogP contribution in [0.2, 0.25) is 0 Å². The van der Waals surface area contributed by atoms with Gasteiger partial charge in [0, 0.05) is 6.61 Å². The molecule has 1 saturated carbocycles. The Kier molecular flexibility index (Phi) is 1.83. The molecule has 14 heavy (non-hydrogen) atoms. The highest BCUT2D eigenvalue weighted by Gasteiger charge is 2.43. The minimum absolute atomic E-state index is 0.203. The lowest BCUT2D eigenvalue weighted by Gasteiger charge is -2.47. The smallest absolute Gasteiger partial charge is 0.137 e. The first-order valence-electron chi connectivity index (χ1n) is 5.36. The first kappa shape index (κ1) is 8.41. The lowest BCUT2D eigenvalue weighted by atomic mass is 9.74. The largest absolute Gasteiger partial charge is 0.375 e. The van der Waals surface area contributed by atoms with Crippen molar-refractivity contribution >= 4 is 0 Å². The molecule has 76 valence electrons. The van der Waals surface area contributed by atoms with Crippen LogP contribution < -0.4 is 0 Å². The van der Waals surface area contributed by atoms with Gasteiger partial charge >= 0.3 is 0 Å². The second-order valence-corrected chi connectivity index (χ2v) is 4.41. The molecule has 1 spiro atoms. The first-order valence-corrected chi connectivity index (χ1v) is 5.36. The van der Waals surface area contributed by atoms with Crippen molar-refractivity contribution < 1.29 is 4.74 Å². The predicted octanol–water partition coefficient (Wildman–Crippen LogP) is 1.55. The van der Waals surface area contributed by atoms with E-state index in [4.69, 9.17) is 4.74 Å². The van der Waals surface area contributed by atoms with E-state index in [2.05, 4.69) is 10.1 Å². The van der Waals surface area contributed by atoms with Crippen LogP contribution in [0.15, 0.2) is 12.7 Å². The maximum atomic E-state index is 5.87. The van der Waals surface area contributed by atoms with Crippen LogP contribution in [0.5, 0.6) is 0 Å². The maximum Gasteiger partial charge on any atom is 0.137 e. The molecule has 1 unspecified atom stereocenters. The summed E-state index contributed by atoms with van der Waals surface area (Å²) in [6, 6.07) is 0.506. The molecule has 4 nitrogen and oxygen atoms in total. The van der Waals surface area contributed by atoms with Crippen molar-refractivity contribution in [1.82, 2.24) is 14.8 Å². The van der Waals surface area contributed by atoms with Crippen LogP contribution in [-0.4, -0.2) is 27.0 Å². The van der Waals surface area contributed by atoms with E-state index in [9.17, 15) is 0 Å². The molecule has 0 N–H and O–H groups in total. The fourth-order valence-electron chi connectivity index (χ4n) is 2.55. The molecular weight excluding hydrogens is 178 g/mol. The molecule has 0 radical (unpaired) electrons. The van der Waals surface area contributed by atoms with Crippen LogP contribution in [0.25, 0.3) is 0 Å². The Morgan fingerprint density at radius 3 is 3.00 bits per heavy atom. The summed E-state index contributed by atoms with van der Waals surface area (Å²) in [4.78, 5) is 4.00. The predicted molar refractivity (Wildman–Crippen MR) is 50.8 cm³/mol. The van der Waals surface area contributed by atoms with Crippen molar-refractivity contribution in [3.63, 3.8) is 0 Å². The third-order valence-electron chi connectivity index (χ3n) is 3.54. The monoisotopic (exact) mass is 193 g/mol. The van der Waals surface area contributed by atoms with Gasteiger partial charge in [0.25, 0.3) is 0 Å². The van der Waals surface area contributed by atoms with E-state index in [0.29, 0.717) is 6.04 Å². The fourth-order valence-corrected chi connectivity index (χ4v) is 2.55. The number of hydrogen-bond donors (Lipinski definition) is 0. The molecule has 0 bridgehead atoms. The highest BCUT2D eigenvalue weighted by atomic mass is 16.5. The Balaban J connectivity index is 1.75. The van der Waals surface area contributed by atoms with Crippen LogP contribution in [0.3, 0.4) is 0 Å². The van der Waals surface area contributed by atoms with E-state index in [1.807, 2.05) is 11.0 Å². The van der Waals surface area contributed by atoms with Crippen molar-refractivity contribution in [2.75, 3.05) is 6.61 Å². The second kappa shape index (κ2) is 3.05. The minimum Gasteiger partial charge on any atom is -0.375 e. The molecule has 1 aromatic rings. The van der Waals surface area contributed by atoms with E-state index >= 15 is 0 Å². The second-order valence-electron chi connectivity index (χ2n) is 4.41. The Labute approximate surface area is 83.3 Å². The molecular formula is C10H15N3O. The molecule has 0 aromatic carbocycles. The van der Waals surface area contributed by atoms with Crippen molar-refractivity contribution in [2.45, 2.75) is 43.7 Å². The standard InChI is InChI=1S/C10H15N3O/c1-3-10(4-1)6-9(2-5-14-10)13-8-11-7-12-13/h7-9H,1-6H2. The summed E-state index contributed by atoms with van der Waals surface area (Å²) in [6.45, 7) is 0.879. The number of aromatic nitrogens is 3. The van der Waals surface area contributed by atoms with Gasteiger partial charge in [-0.15, -0.1) is 0 Å². The Morgan fingerprint density at radius 1 is 1.43 bits per heavy atom. The zero-order chi connectivity index (χ0) is 9.43. The molecule has 2 heterocycles. The molecule has 3 rings (SSSR count). The van der Waals surface area contributed by atoms with Gasteiger partial charge in [-0.2, -0.15) is 5.10 Å². The van der Waals surface area contributed by atoms with Gasteiger partial charge < -0.3 is 4.74 Å². The third kappa shape index (κ3) is 1.25. The zero-order valence-corrected chi connectivity index (χ0v) is 8.22. The van der Waals surface area contributed by atoms with Gasteiger partial charge in [0.2, 0.25) is 0 Å². The van der Waals surface area contributed by atoms with E-state index in [1.54, 1.807) is 6.33 Å². The molecule has 1 atom stereocenters. The molecule has 2 aliphatic rings. The lowest BCUT2D eigenvalue weighted by molar-refractivity contribution is -0.141. The van der Waals surface area contributed by atoms with Crippen molar-refractivity contribution in [3.8, 4) is 0 Å². The number of ether oxygens (including phenoxy) is 1. The molecule has 1 aliphatic carbocycles. The van der Waals surface area contributed by atoms with Crippen LogP contribution in [0.1, 0.15) is 38.1 Å². The van der Waals surface area contributed by atoms with Gasteiger partial charge in [0.15, 0.2) is 0 Å². The summed E-state index contributed by atoms with van der Waals surface area (Å²) in [5.41, 5.74) is 0.203. The van der Waals surface area contributed by atoms with Crippen LogP contribution in [0.4, 0.5) is 0 Å². The summed E-state index contributed by atoms with van der Waals surface area (Å²) in [5, 5.41) is 4.21. The quantitative estimate of drug-likeness (QED) is 0.679. The SMILES string of the molecule is c1ncn(C2CCOC3(CCC3)C2)n1. The molecule has 1 aromatic heterocycles. The first-order chi connectivity index (χ1) is 6.88. The van der Waals surface area contributed by atoms with Crippen LogP contribution >= 0.6 is 0 Å². The molecule has 1 saturated heterocycles. The van der Waals surface area contributed by atoms with Crippen molar-refractivity contribution in [3.05, 3.63) is 12.7 Å². The van der Waals surface area contributed by atoms with Gasteiger partial charge in [-0.3, -0.25) is 0 Å². The average Bonchev–Trinajstić information content (AvgIpc) is 2.68. The zero-order valence-electron chi connectivity index (χ0n) is 8.22. The normalized spacial score (nSPS) is 30.1. The summed E-state index contributed by atoms with van der Waals surface area (Å²) >= 11 is 0. The van der Waals surface area contributed by atoms with Crippen LogP contribution in [0, 0.1) is 0 Å². The fraction of sp³-hybridized carbons (Fsp3) is 0.800. The van der Waals surface area contributed by atoms with Gasteiger partial charge in [-0.25, -0.2) is 9.67 Å². The van der Waals surface area contributed by atoms with Gasteiger partial charge in [0.05, 0.1) is 11.6 Å². The Hall–Kier alpha value is -0.900. The summed E-state index contributed by atoms with van der Waals surface area (Å²) in [7, 11) is 0. The van der Waals surface area contributed by atoms with E-state index in [1.165, 1.54) is 19.3 Å². The highest BCUT2D eigenvalue weighted by Crippen LogP contribution is 2.45. The minimum atomic E-state index is 0.203. The van der Waals surface area contributed by atoms with E-state index < -0.39 is 0 Å². The lowest BCUT2D eigenvalue weighted by Crippen LogP contribution is -2.46. The number of hydrogen-bond acceptors (Lipinski definition) is 3. The van der Waals surface area contributed by atoms with Crippen molar-refractivity contribution in [1.29, 1.82) is 0 Å². The highest BCUT2D eigenvalue weighted by molar-refractivity contribution is 4.95. The maximum absolute atomic E-state index is 5.87. The van der Waals surface area contributed by atoms with Crippen molar-refractivity contribution in [2.24, 2.45) is 0 Å². The number of rotatable bonds is 1. The van der Waals surface area contributed by atoms with E-state index in [0.717, 1.165) is 19.4 Å². The van der Waals surface area contributed by atoms with E-state index in [-0.39, 0.29) is 5.60 Å². The van der Waals surface area contributed by atoms with Gasteiger partial charge in [0.1, 0.15) is 12.7 Å². The van der Waals surface area contributed by atoms with Gasteiger partial charge in [-0.05, 0) is 32.1 Å².